The van der Waals surface area contributed by atoms with E-state index in [0.29, 0.717) is 35.3 Å². The van der Waals surface area contributed by atoms with Crippen LogP contribution in [0.4, 0.5) is 0 Å². The summed E-state index contributed by atoms with van der Waals surface area (Å²) in [5.74, 6) is 0.701. The number of carbonyl (C=O) groups excluding carboxylic acids is 2. The first kappa shape index (κ1) is 28.7. The Morgan fingerprint density at radius 2 is 1.82 bits per heavy atom. The Morgan fingerprint density at radius 3 is 2.45 bits per heavy atom. The fraction of sp³-hybridized carbons (Fsp3) is 0.562. The zero-order valence-electron chi connectivity index (χ0n) is 24.1. The topological polar surface area (TPSA) is 111 Å². The van der Waals surface area contributed by atoms with Crippen LogP contribution < -0.4 is 10.6 Å². The predicted molar refractivity (Wildman–Crippen MR) is 153 cm³/mol. The number of hydrogen-bond acceptors (Lipinski definition) is 6. The van der Waals surface area contributed by atoms with Gasteiger partial charge in [0.2, 0.25) is 5.91 Å². The second kappa shape index (κ2) is 11.2. The highest BCUT2D eigenvalue weighted by atomic mass is 16.7. The lowest BCUT2D eigenvalue weighted by Crippen LogP contribution is -2.62. The maximum Gasteiger partial charge on any atom is 0.251 e. The highest BCUT2D eigenvalue weighted by molar-refractivity contribution is 5.95. The van der Waals surface area contributed by atoms with Crippen LogP contribution in [0.3, 0.4) is 0 Å². The van der Waals surface area contributed by atoms with Gasteiger partial charge in [0.15, 0.2) is 0 Å². The van der Waals surface area contributed by atoms with Crippen LogP contribution in [0.25, 0.3) is 11.1 Å². The highest BCUT2D eigenvalue weighted by Crippen LogP contribution is 2.61. The first-order valence-electron chi connectivity index (χ1n) is 14.5. The number of aliphatic hydroxyl groups excluding tert-OH is 2. The van der Waals surface area contributed by atoms with E-state index in [-0.39, 0.29) is 24.5 Å². The van der Waals surface area contributed by atoms with E-state index < -0.39 is 24.2 Å². The van der Waals surface area contributed by atoms with Gasteiger partial charge in [-0.2, -0.15) is 5.06 Å². The summed E-state index contributed by atoms with van der Waals surface area (Å²) in [6.45, 7) is 8.58. The van der Waals surface area contributed by atoms with Gasteiger partial charge in [0.05, 0.1) is 19.3 Å². The summed E-state index contributed by atoms with van der Waals surface area (Å²) in [4.78, 5) is 32.1. The van der Waals surface area contributed by atoms with Gasteiger partial charge in [-0.3, -0.25) is 14.4 Å². The van der Waals surface area contributed by atoms with Crippen LogP contribution in [0.5, 0.6) is 0 Å². The van der Waals surface area contributed by atoms with Crippen molar-refractivity contribution in [1.29, 1.82) is 0 Å². The molecule has 40 heavy (non-hydrogen) atoms. The second-order valence-corrected chi connectivity index (χ2v) is 12.6. The predicted octanol–water partition coefficient (Wildman–Crippen LogP) is 3.37. The van der Waals surface area contributed by atoms with E-state index in [0.717, 1.165) is 23.1 Å². The molecule has 2 amide bonds. The molecule has 0 spiro atoms. The third-order valence-corrected chi connectivity index (χ3v) is 10.0. The molecule has 216 valence electrons. The molecular weight excluding hydrogens is 506 g/mol. The average molecular weight is 550 g/mol. The molecule has 3 aliphatic carbocycles. The number of amides is 2. The molecule has 8 heteroatoms. The summed E-state index contributed by atoms with van der Waals surface area (Å²) < 4.78 is 0. The maximum absolute atomic E-state index is 13.9. The Hall–Kier alpha value is -2.78. The number of hydrogen-bond donors (Lipinski definition) is 4. The molecular formula is C32H43N3O5. The number of fused-ring (bicyclic) bond motifs is 2. The minimum Gasteiger partial charge on any atom is -0.394 e. The summed E-state index contributed by atoms with van der Waals surface area (Å²) in [5.41, 5.74) is 3.65. The molecule has 4 N–H and O–H groups in total. The van der Waals surface area contributed by atoms with E-state index in [4.69, 9.17) is 4.84 Å². The van der Waals surface area contributed by atoms with Crippen LogP contribution in [0, 0.1) is 29.1 Å². The molecule has 0 aromatic heterocycles. The molecule has 1 aliphatic heterocycles. The Kier molecular flexibility index (Phi) is 8.08. The molecule has 6 rings (SSSR count). The molecule has 4 aliphatic rings. The number of benzene rings is 2. The first-order chi connectivity index (χ1) is 19.0. The number of nitrogens with one attached hydrogen (secondary N) is 2. The Morgan fingerprint density at radius 1 is 1.12 bits per heavy atom. The zero-order chi connectivity index (χ0) is 28.8. The molecule has 2 bridgehead atoms. The van der Waals surface area contributed by atoms with E-state index in [9.17, 15) is 19.8 Å². The summed E-state index contributed by atoms with van der Waals surface area (Å²) in [6.07, 6.45) is 0.668. The molecule has 1 heterocycles. The van der Waals surface area contributed by atoms with Crippen LogP contribution in [0.1, 0.15) is 56.5 Å². The lowest BCUT2D eigenvalue weighted by molar-refractivity contribution is -0.183. The smallest absolute Gasteiger partial charge is 0.251 e. The van der Waals surface area contributed by atoms with Crippen LogP contribution in [-0.2, 0) is 16.2 Å². The molecule has 2 aromatic carbocycles. The summed E-state index contributed by atoms with van der Waals surface area (Å²) in [5, 5.41) is 28.4. The van der Waals surface area contributed by atoms with Crippen molar-refractivity contribution in [2.24, 2.45) is 29.1 Å². The number of aliphatic hydroxyl groups is 2. The zero-order valence-corrected chi connectivity index (χ0v) is 24.1. The monoisotopic (exact) mass is 549 g/mol. The van der Waals surface area contributed by atoms with E-state index >= 15 is 0 Å². The second-order valence-electron chi connectivity index (χ2n) is 12.6. The molecule has 2 aromatic rings. The lowest BCUT2D eigenvalue weighted by Gasteiger charge is -2.62. The third kappa shape index (κ3) is 5.18. The van der Waals surface area contributed by atoms with Gasteiger partial charge in [0, 0.05) is 24.6 Å². The third-order valence-electron chi connectivity index (χ3n) is 10.0. The summed E-state index contributed by atoms with van der Waals surface area (Å²) in [7, 11) is 1.61. The van der Waals surface area contributed by atoms with Crippen LogP contribution in [0.2, 0.25) is 0 Å². The van der Waals surface area contributed by atoms with Crippen molar-refractivity contribution in [3.8, 4) is 11.1 Å². The fourth-order valence-corrected chi connectivity index (χ4v) is 7.50. The van der Waals surface area contributed by atoms with Crippen molar-refractivity contribution in [3.63, 3.8) is 0 Å². The van der Waals surface area contributed by atoms with E-state index in [1.165, 1.54) is 6.42 Å². The van der Waals surface area contributed by atoms with Crippen molar-refractivity contribution in [2.45, 2.75) is 71.4 Å². The van der Waals surface area contributed by atoms with Crippen LogP contribution in [0.15, 0.2) is 48.5 Å². The average Bonchev–Trinajstić information content (AvgIpc) is 3.32. The SMILES string of the molecule is CNC(=O)c1cccc(-c2cccc(CN3O[C@@H](CO)[C@@H]([C@H](C)O)[C@H]3C(=O)N[C@H]3C[C@H]4C[C@@H]([C@@H]3C)C4(C)C)c2)c1. The van der Waals surface area contributed by atoms with Gasteiger partial charge < -0.3 is 20.8 Å². The van der Waals surface area contributed by atoms with Crippen molar-refractivity contribution in [1.82, 2.24) is 15.7 Å². The highest BCUT2D eigenvalue weighted by Gasteiger charge is 2.57. The first-order valence-corrected chi connectivity index (χ1v) is 14.5. The summed E-state index contributed by atoms with van der Waals surface area (Å²) >= 11 is 0. The molecule has 0 unspecified atom stereocenters. The minimum atomic E-state index is -0.840. The van der Waals surface area contributed by atoms with E-state index in [2.05, 4.69) is 31.4 Å². The number of nitrogens with zero attached hydrogens (tertiary/aromatic N) is 1. The van der Waals surface area contributed by atoms with Crippen LogP contribution >= 0.6 is 0 Å². The van der Waals surface area contributed by atoms with Gasteiger partial charge >= 0.3 is 0 Å². The van der Waals surface area contributed by atoms with E-state index in [1.807, 2.05) is 42.5 Å². The Balaban J connectivity index is 1.37. The molecule has 3 saturated carbocycles. The number of hydroxylamine groups is 2. The standard InChI is InChI=1S/C32H43N3O5/c1-18-25-14-24(32(25,3)4)15-26(18)34-31(39)29-28(19(2)37)27(17-36)40-35(29)16-20-8-6-9-21(12-20)22-10-7-11-23(13-22)30(38)33-5/h6-13,18-19,24-29,36-37H,14-17H2,1-5H3,(H,33,38)(H,34,39)/t18-,19-,24+,25-,26-,27-,28+,29-/m0/s1. The molecule has 8 atom stereocenters. The van der Waals surface area contributed by atoms with Gasteiger partial charge in [-0.25, -0.2) is 0 Å². The number of rotatable bonds is 8. The van der Waals surface area contributed by atoms with E-state index in [1.54, 1.807) is 25.1 Å². The lowest BCUT2D eigenvalue weighted by atomic mass is 9.45. The van der Waals surface area contributed by atoms with Crippen molar-refractivity contribution in [2.75, 3.05) is 13.7 Å². The van der Waals surface area contributed by atoms with Crippen molar-refractivity contribution >= 4 is 11.8 Å². The van der Waals surface area contributed by atoms with Gasteiger partial charge in [0.1, 0.15) is 12.1 Å². The quantitative estimate of drug-likeness (QED) is 0.402. The normalized spacial score (nSPS) is 31.7. The fourth-order valence-electron chi connectivity index (χ4n) is 7.50. The van der Waals surface area contributed by atoms with Crippen molar-refractivity contribution in [3.05, 3.63) is 59.7 Å². The maximum atomic E-state index is 13.9. The van der Waals surface area contributed by atoms with Gasteiger partial charge in [-0.1, -0.05) is 51.1 Å². The Labute approximate surface area is 237 Å². The molecule has 4 fully saturated rings. The number of carbonyl (C=O) groups is 2. The largest absolute Gasteiger partial charge is 0.394 e. The Bertz CT molecular complexity index is 1250. The van der Waals surface area contributed by atoms with Gasteiger partial charge in [-0.05, 0) is 77.8 Å². The van der Waals surface area contributed by atoms with Crippen molar-refractivity contribution < 1.29 is 24.6 Å². The van der Waals surface area contributed by atoms with Gasteiger partial charge in [-0.15, -0.1) is 0 Å². The minimum absolute atomic E-state index is 0.0878. The molecule has 1 saturated heterocycles. The molecule has 0 radical (unpaired) electrons. The van der Waals surface area contributed by atoms with Gasteiger partial charge in [0.25, 0.3) is 5.91 Å². The summed E-state index contributed by atoms with van der Waals surface area (Å²) in [6, 6.07) is 14.7. The van der Waals surface area contributed by atoms with Crippen LogP contribution in [-0.4, -0.2) is 65.0 Å². The molecule has 8 nitrogen and oxygen atoms in total.